The summed E-state index contributed by atoms with van der Waals surface area (Å²) in [5.41, 5.74) is 2.22. The summed E-state index contributed by atoms with van der Waals surface area (Å²) in [5.74, 6) is 0.964. The number of hydrogen-bond donors (Lipinski definition) is 1. The standard InChI is InChI=1S/C17H21N5S/c1-2-15(16-5-3-10-23-16)21-9-7-19-17(21)14-11-13-12-18-6-4-8-22(13)20-14/h3,5,7,9-11,15,18H,2,4,6,8,12H2,1H3/t15-/m0/s1. The molecule has 0 saturated heterocycles. The predicted molar refractivity (Wildman–Crippen MR) is 92.5 cm³/mol. The first kappa shape index (κ1) is 14.7. The van der Waals surface area contributed by atoms with Crippen molar-refractivity contribution in [3.63, 3.8) is 0 Å². The third kappa shape index (κ3) is 2.72. The lowest BCUT2D eigenvalue weighted by Gasteiger charge is -2.17. The van der Waals surface area contributed by atoms with E-state index in [9.17, 15) is 0 Å². The smallest absolute Gasteiger partial charge is 0.161 e. The van der Waals surface area contributed by atoms with Gasteiger partial charge in [-0.15, -0.1) is 11.3 Å². The van der Waals surface area contributed by atoms with Crippen LogP contribution >= 0.6 is 11.3 Å². The minimum Gasteiger partial charge on any atom is -0.321 e. The van der Waals surface area contributed by atoms with Gasteiger partial charge in [-0.05, 0) is 36.9 Å². The number of nitrogens with zero attached hydrogens (tertiary/aromatic N) is 4. The van der Waals surface area contributed by atoms with Crippen molar-refractivity contribution < 1.29 is 0 Å². The first-order valence-electron chi connectivity index (χ1n) is 8.21. The Morgan fingerprint density at radius 2 is 2.39 bits per heavy atom. The van der Waals surface area contributed by atoms with Crippen molar-refractivity contribution in [1.29, 1.82) is 0 Å². The molecule has 4 heterocycles. The van der Waals surface area contributed by atoms with E-state index in [2.05, 4.69) is 56.2 Å². The first-order chi connectivity index (χ1) is 11.4. The van der Waals surface area contributed by atoms with Crippen LogP contribution in [0.25, 0.3) is 11.5 Å². The first-order valence-corrected chi connectivity index (χ1v) is 9.09. The highest BCUT2D eigenvalue weighted by molar-refractivity contribution is 7.10. The van der Waals surface area contributed by atoms with E-state index in [4.69, 9.17) is 5.10 Å². The fraction of sp³-hybridized carbons (Fsp3) is 0.412. The fourth-order valence-corrected chi connectivity index (χ4v) is 4.16. The van der Waals surface area contributed by atoms with Crippen molar-refractivity contribution >= 4 is 11.3 Å². The molecule has 1 atom stereocenters. The van der Waals surface area contributed by atoms with Gasteiger partial charge in [0.15, 0.2) is 5.82 Å². The maximum Gasteiger partial charge on any atom is 0.161 e. The highest BCUT2D eigenvalue weighted by atomic mass is 32.1. The second-order valence-electron chi connectivity index (χ2n) is 5.87. The molecule has 0 aliphatic carbocycles. The van der Waals surface area contributed by atoms with E-state index in [-0.39, 0.29) is 0 Å². The molecular weight excluding hydrogens is 306 g/mol. The van der Waals surface area contributed by atoms with Gasteiger partial charge in [-0.25, -0.2) is 4.98 Å². The highest BCUT2D eigenvalue weighted by Crippen LogP contribution is 2.30. The molecule has 0 unspecified atom stereocenters. The quantitative estimate of drug-likeness (QED) is 0.800. The van der Waals surface area contributed by atoms with Gasteiger partial charge in [0.25, 0.3) is 0 Å². The Labute approximate surface area is 140 Å². The van der Waals surface area contributed by atoms with Gasteiger partial charge >= 0.3 is 0 Å². The minimum absolute atomic E-state index is 0.326. The summed E-state index contributed by atoms with van der Waals surface area (Å²) >= 11 is 1.80. The number of aryl methyl sites for hydroxylation is 1. The molecule has 0 saturated carbocycles. The molecule has 3 aromatic rings. The van der Waals surface area contributed by atoms with Gasteiger partial charge in [-0.3, -0.25) is 4.68 Å². The van der Waals surface area contributed by atoms with E-state index in [1.54, 1.807) is 11.3 Å². The van der Waals surface area contributed by atoms with Gasteiger partial charge in [0.05, 0.1) is 11.7 Å². The molecule has 4 rings (SSSR count). The van der Waals surface area contributed by atoms with Crippen molar-refractivity contribution in [2.45, 2.75) is 38.9 Å². The maximum atomic E-state index is 4.81. The summed E-state index contributed by atoms with van der Waals surface area (Å²) in [6, 6.07) is 6.82. The van der Waals surface area contributed by atoms with Crippen molar-refractivity contribution in [3.8, 4) is 11.5 Å². The second-order valence-corrected chi connectivity index (χ2v) is 6.85. The molecule has 3 aromatic heterocycles. The van der Waals surface area contributed by atoms with E-state index >= 15 is 0 Å². The van der Waals surface area contributed by atoms with Gasteiger partial charge in [-0.1, -0.05) is 13.0 Å². The van der Waals surface area contributed by atoms with Crippen LogP contribution in [0, 0.1) is 0 Å². The lowest BCUT2D eigenvalue weighted by atomic mass is 10.2. The Bertz CT molecular complexity index is 747. The molecule has 120 valence electrons. The number of imidazole rings is 1. The number of fused-ring (bicyclic) bond motifs is 1. The van der Waals surface area contributed by atoms with Crippen LogP contribution < -0.4 is 5.32 Å². The maximum absolute atomic E-state index is 4.81. The average Bonchev–Trinajstić information content (AvgIpc) is 3.28. The van der Waals surface area contributed by atoms with Gasteiger partial charge in [0, 0.05) is 30.4 Å². The Hall–Kier alpha value is -1.92. The molecule has 1 N–H and O–H groups in total. The molecule has 6 heteroatoms. The van der Waals surface area contributed by atoms with Crippen LogP contribution in [0.4, 0.5) is 0 Å². The van der Waals surface area contributed by atoms with Gasteiger partial charge in [0.1, 0.15) is 5.69 Å². The van der Waals surface area contributed by atoms with Crippen LogP contribution in [-0.2, 0) is 13.1 Å². The van der Waals surface area contributed by atoms with Gasteiger partial charge in [-0.2, -0.15) is 5.10 Å². The summed E-state index contributed by atoms with van der Waals surface area (Å²) in [6.07, 6.45) is 6.12. The van der Waals surface area contributed by atoms with E-state index in [0.29, 0.717) is 6.04 Å². The summed E-state index contributed by atoms with van der Waals surface area (Å²) in [7, 11) is 0. The molecule has 5 nitrogen and oxygen atoms in total. The minimum atomic E-state index is 0.326. The number of hydrogen-bond acceptors (Lipinski definition) is 4. The van der Waals surface area contributed by atoms with Crippen LogP contribution in [0.3, 0.4) is 0 Å². The lowest BCUT2D eigenvalue weighted by molar-refractivity contribution is 0.572. The fourth-order valence-electron chi connectivity index (χ4n) is 3.25. The Morgan fingerprint density at radius 1 is 1.43 bits per heavy atom. The van der Waals surface area contributed by atoms with Crippen LogP contribution in [-0.4, -0.2) is 25.9 Å². The van der Waals surface area contributed by atoms with Crippen LogP contribution in [0.5, 0.6) is 0 Å². The molecule has 0 amide bonds. The Balaban J connectivity index is 1.72. The van der Waals surface area contributed by atoms with Gasteiger partial charge in [0.2, 0.25) is 0 Å². The lowest BCUT2D eigenvalue weighted by Crippen LogP contribution is -2.12. The number of nitrogens with one attached hydrogen (secondary N) is 1. The monoisotopic (exact) mass is 327 g/mol. The van der Waals surface area contributed by atoms with E-state index in [1.807, 2.05) is 6.20 Å². The van der Waals surface area contributed by atoms with Crippen molar-refractivity contribution in [2.75, 3.05) is 6.54 Å². The summed E-state index contributed by atoms with van der Waals surface area (Å²) in [6.45, 7) is 5.14. The third-order valence-electron chi connectivity index (χ3n) is 4.38. The van der Waals surface area contributed by atoms with Crippen molar-refractivity contribution in [2.24, 2.45) is 0 Å². The second kappa shape index (κ2) is 6.29. The third-order valence-corrected chi connectivity index (χ3v) is 5.36. The SMILES string of the molecule is CC[C@@H](c1cccs1)n1ccnc1-c1cc2n(n1)CCCNC2. The van der Waals surface area contributed by atoms with Crippen molar-refractivity contribution in [1.82, 2.24) is 24.6 Å². The molecule has 0 fully saturated rings. The van der Waals surface area contributed by atoms with E-state index < -0.39 is 0 Å². The zero-order chi connectivity index (χ0) is 15.6. The highest BCUT2D eigenvalue weighted by Gasteiger charge is 2.20. The summed E-state index contributed by atoms with van der Waals surface area (Å²) < 4.78 is 4.39. The van der Waals surface area contributed by atoms with Crippen LogP contribution in [0.2, 0.25) is 0 Å². The molecule has 0 bridgehead atoms. The molecule has 0 spiro atoms. The molecule has 0 aromatic carbocycles. The summed E-state index contributed by atoms with van der Waals surface area (Å²) in [4.78, 5) is 5.97. The molecular formula is C17H21N5S. The predicted octanol–water partition coefficient (Wildman–Crippen LogP) is 3.30. The van der Waals surface area contributed by atoms with E-state index in [1.165, 1.54) is 10.6 Å². The van der Waals surface area contributed by atoms with E-state index in [0.717, 1.165) is 44.0 Å². The summed E-state index contributed by atoms with van der Waals surface area (Å²) in [5, 5.41) is 10.4. The largest absolute Gasteiger partial charge is 0.321 e. The number of aromatic nitrogens is 4. The zero-order valence-electron chi connectivity index (χ0n) is 13.3. The molecule has 23 heavy (non-hydrogen) atoms. The average molecular weight is 327 g/mol. The molecule has 0 radical (unpaired) electrons. The molecule has 1 aliphatic rings. The Morgan fingerprint density at radius 3 is 3.22 bits per heavy atom. The normalized spacial score (nSPS) is 16.0. The molecule has 1 aliphatic heterocycles. The topological polar surface area (TPSA) is 47.7 Å². The number of rotatable bonds is 4. The van der Waals surface area contributed by atoms with Crippen molar-refractivity contribution in [3.05, 3.63) is 46.5 Å². The Kier molecular flexibility index (Phi) is 4.01. The van der Waals surface area contributed by atoms with Crippen LogP contribution in [0.1, 0.15) is 36.4 Å². The zero-order valence-corrected chi connectivity index (χ0v) is 14.1. The van der Waals surface area contributed by atoms with Crippen LogP contribution in [0.15, 0.2) is 36.0 Å². The number of thiophene rings is 1. The van der Waals surface area contributed by atoms with Gasteiger partial charge < -0.3 is 9.88 Å².